The number of benzene rings is 3. The summed E-state index contributed by atoms with van der Waals surface area (Å²) in [5.74, 6) is 0. The summed E-state index contributed by atoms with van der Waals surface area (Å²) in [6, 6.07) is 32.7. The molecule has 0 radical (unpaired) electrons. The average Bonchev–Trinajstić information content (AvgIpc) is 2.89. The number of nitrogens with zero attached hydrogens (tertiary/aromatic N) is 2. The van der Waals surface area contributed by atoms with E-state index in [2.05, 4.69) is 69.9 Å². The first-order chi connectivity index (χ1) is 16.3. The van der Waals surface area contributed by atoms with E-state index in [4.69, 9.17) is 0 Å². The molecule has 0 saturated heterocycles. The Hall–Kier alpha value is -4.02. The van der Waals surface area contributed by atoms with E-state index in [1.165, 1.54) is 10.9 Å². The van der Waals surface area contributed by atoms with E-state index >= 15 is 0 Å². The normalized spacial score (nSPS) is 13.1. The van der Waals surface area contributed by atoms with Crippen molar-refractivity contribution in [2.75, 3.05) is 5.32 Å². The molecule has 1 aliphatic heterocycles. The minimum Gasteiger partial charge on any atom is -0.355 e. The van der Waals surface area contributed by atoms with Crippen molar-refractivity contribution in [2.24, 2.45) is 0 Å². The summed E-state index contributed by atoms with van der Waals surface area (Å²) in [5.41, 5.74) is 6.46. The summed E-state index contributed by atoms with van der Waals surface area (Å²) >= 11 is 0. The van der Waals surface area contributed by atoms with Crippen LogP contribution < -0.4 is 5.32 Å². The van der Waals surface area contributed by atoms with Gasteiger partial charge in [0, 0.05) is 28.4 Å². The standard InChI is InChI=1S/C21H16N2.C9H7N.BrH/c1-3-10-20-16(6-1)12-14-18(22-20)8-5-9-19-15-13-17-7-2-4-11-21(17)23-19;1-2-6-9-8(4-1)5-3-7-10-9;/h1-15,22H;1-7H;1H. The molecule has 0 spiro atoms. The number of rotatable bonds is 2. The minimum absolute atomic E-state index is 0. The van der Waals surface area contributed by atoms with E-state index in [1.54, 1.807) is 0 Å². The molecule has 3 aromatic carbocycles. The number of hydrogen-bond acceptors (Lipinski definition) is 3. The van der Waals surface area contributed by atoms with Crippen molar-refractivity contribution in [1.29, 1.82) is 0 Å². The Bertz CT molecular complexity index is 1440. The SMILES string of the molecule is Br.C(=Cc1ccc2ccccc2n1)C=C1C=Cc2ccccc2N1.c1ccc2ncccc2c1. The molecule has 4 heteroatoms. The maximum absolute atomic E-state index is 4.64. The number of pyridine rings is 2. The van der Waals surface area contributed by atoms with Gasteiger partial charge < -0.3 is 5.32 Å². The van der Waals surface area contributed by atoms with Gasteiger partial charge in [0.15, 0.2) is 0 Å². The zero-order chi connectivity index (χ0) is 22.3. The van der Waals surface area contributed by atoms with Crippen LogP contribution in [0.2, 0.25) is 0 Å². The molecule has 34 heavy (non-hydrogen) atoms. The van der Waals surface area contributed by atoms with Crippen LogP contribution in [-0.2, 0) is 0 Å². The lowest BCUT2D eigenvalue weighted by molar-refractivity contribution is 1.37. The maximum atomic E-state index is 4.64. The molecule has 166 valence electrons. The largest absolute Gasteiger partial charge is 0.355 e. The highest BCUT2D eigenvalue weighted by molar-refractivity contribution is 8.93. The number of hydrogen-bond donors (Lipinski definition) is 1. The van der Waals surface area contributed by atoms with Crippen LogP contribution in [0.3, 0.4) is 0 Å². The number of aromatic nitrogens is 2. The first-order valence-electron chi connectivity index (χ1n) is 10.9. The minimum atomic E-state index is 0. The molecule has 3 nitrogen and oxygen atoms in total. The first-order valence-corrected chi connectivity index (χ1v) is 10.9. The molecule has 0 fully saturated rings. The van der Waals surface area contributed by atoms with Gasteiger partial charge in [-0.3, -0.25) is 4.98 Å². The average molecular weight is 506 g/mol. The van der Waals surface area contributed by atoms with Gasteiger partial charge >= 0.3 is 0 Å². The molecule has 6 rings (SSSR count). The summed E-state index contributed by atoms with van der Waals surface area (Å²) < 4.78 is 0. The van der Waals surface area contributed by atoms with Crippen molar-refractivity contribution in [3.63, 3.8) is 0 Å². The molecule has 0 amide bonds. The van der Waals surface area contributed by atoms with Crippen LogP contribution in [0.4, 0.5) is 5.69 Å². The van der Waals surface area contributed by atoms with E-state index in [0.29, 0.717) is 0 Å². The van der Waals surface area contributed by atoms with Crippen molar-refractivity contribution in [3.05, 3.63) is 138 Å². The molecule has 0 atom stereocenters. The molecule has 1 N–H and O–H groups in total. The molecule has 0 bridgehead atoms. The van der Waals surface area contributed by atoms with Crippen LogP contribution >= 0.6 is 17.0 Å². The molecule has 0 saturated carbocycles. The summed E-state index contributed by atoms with van der Waals surface area (Å²) in [6.07, 6.45) is 12.1. The smallest absolute Gasteiger partial charge is 0.0709 e. The maximum Gasteiger partial charge on any atom is 0.0709 e. The van der Waals surface area contributed by atoms with E-state index in [9.17, 15) is 0 Å². The molecule has 2 aromatic heterocycles. The highest BCUT2D eigenvalue weighted by Crippen LogP contribution is 2.24. The number of nitrogens with one attached hydrogen (secondary N) is 1. The summed E-state index contributed by atoms with van der Waals surface area (Å²) in [7, 11) is 0. The van der Waals surface area contributed by atoms with Gasteiger partial charge in [0.05, 0.1) is 16.7 Å². The third kappa shape index (κ3) is 5.66. The lowest BCUT2D eigenvalue weighted by atomic mass is 10.1. The Morgan fingerprint density at radius 3 is 2.21 bits per heavy atom. The van der Waals surface area contributed by atoms with Crippen LogP contribution in [-0.4, -0.2) is 9.97 Å². The Kier molecular flexibility index (Phi) is 7.63. The van der Waals surface area contributed by atoms with Crippen LogP contribution in [0.25, 0.3) is 34.0 Å². The van der Waals surface area contributed by atoms with Crippen molar-refractivity contribution in [2.45, 2.75) is 0 Å². The molecule has 0 aliphatic carbocycles. The Labute approximate surface area is 210 Å². The highest BCUT2D eigenvalue weighted by Gasteiger charge is 2.04. The summed E-state index contributed by atoms with van der Waals surface area (Å²) in [4.78, 5) is 8.82. The molecular weight excluding hydrogens is 482 g/mol. The summed E-state index contributed by atoms with van der Waals surface area (Å²) in [6.45, 7) is 0. The van der Waals surface area contributed by atoms with Crippen molar-refractivity contribution in [1.82, 2.24) is 9.97 Å². The fourth-order valence-corrected chi connectivity index (χ4v) is 3.67. The second kappa shape index (κ2) is 11.2. The lowest BCUT2D eigenvalue weighted by Crippen LogP contribution is -2.02. The zero-order valence-corrected chi connectivity index (χ0v) is 20.2. The van der Waals surface area contributed by atoms with Gasteiger partial charge in [-0.15, -0.1) is 17.0 Å². The van der Waals surface area contributed by atoms with Crippen LogP contribution in [0.1, 0.15) is 11.3 Å². The van der Waals surface area contributed by atoms with Crippen molar-refractivity contribution in [3.8, 4) is 0 Å². The van der Waals surface area contributed by atoms with Gasteiger partial charge in [-0.05, 0) is 54.1 Å². The predicted octanol–water partition coefficient (Wildman–Crippen LogP) is 8.08. The van der Waals surface area contributed by atoms with Crippen LogP contribution in [0.15, 0.2) is 127 Å². The third-order valence-corrected chi connectivity index (χ3v) is 5.36. The van der Waals surface area contributed by atoms with Gasteiger partial charge in [-0.1, -0.05) is 78.9 Å². The van der Waals surface area contributed by atoms with Gasteiger partial charge in [0.2, 0.25) is 0 Å². The zero-order valence-electron chi connectivity index (χ0n) is 18.5. The highest BCUT2D eigenvalue weighted by atomic mass is 79.9. The number of para-hydroxylation sites is 3. The fourth-order valence-electron chi connectivity index (χ4n) is 3.67. The van der Waals surface area contributed by atoms with Crippen molar-refractivity contribution >= 4 is 56.6 Å². The lowest BCUT2D eigenvalue weighted by Gasteiger charge is -2.14. The third-order valence-electron chi connectivity index (χ3n) is 5.36. The first kappa shape index (κ1) is 23.1. The molecule has 1 aliphatic rings. The van der Waals surface area contributed by atoms with E-state index < -0.39 is 0 Å². The second-order valence-corrected chi connectivity index (χ2v) is 7.65. The monoisotopic (exact) mass is 505 g/mol. The number of fused-ring (bicyclic) bond motifs is 3. The quantitative estimate of drug-likeness (QED) is 0.263. The molecule has 0 unspecified atom stereocenters. The number of allylic oxidation sites excluding steroid dienone is 3. The summed E-state index contributed by atoms with van der Waals surface area (Å²) in [5, 5.41) is 5.78. The Balaban J connectivity index is 0.000000209. The Morgan fingerprint density at radius 2 is 1.35 bits per heavy atom. The second-order valence-electron chi connectivity index (χ2n) is 7.65. The number of anilines is 1. The van der Waals surface area contributed by atoms with Crippen molar-refractivity contribution < 1.29 is 0 Å². The van der Waals surface area contributed by atoms with E-state index in [-0.39, 0.29) is 17.0 Å². The van der Waals surface area contributed by atoms with Gasteiger partial charge in [-0.2, -0.15) is 0 Å². The van der Waals surface area contributed by atoms with Gasteiger partial charge in [0.1, 0.15) is 0 Å². The van der Waals surface area contributed by atoms with Crippen LogP contribution in [0.5, 0.6) is 0 Å². The van der Waals surface area contributed by atoms with E-state index in [1.807, 2.05) is 79.0 Å². The van der Waals surface area contributed by atoms with Gasteiger partial charge in [0.25, 0.3) is 0 Å². The number of halogens is 1. The van der Waals surface area contributed by atoms with Gasteiger partial charge in [-0.25, -0.2) is 4.98 Å². The topological polar surface area (TPSA) is 37.8 Å². The molecular formula is C30H24BrN3. The van der Waals surface area contributed by atoms with E-state index in [0.717, 1.165) is 33.5 Å². The van der Waals surface area contributed by atoms with Crippen LogP contribution in [0, 0.1) is 0 Å². The Morgan fingerprint density at radius 1 is 0.647 bits per heavy atom. The molecule has 5 aromatic rings. The predicted molar refractivity (Wildman–Crippen MR) is 150 cm³/mol. The fraction of sp³-hybridized carbons (Fsp3) is 0. The molecule has 3 heterocycles.